The molecule has 6 rings (SSSR count). The van der Waals surface area contributed by atoms with Crippen LogP contribution < -0.4 is 30.7 Å². The molecule has 2 aliphatic heterocycles. The van der Waals surface area contributed by atoms with Gasteiger partial charge in [-0.25, -0.2) is 35.9 Å². The van der Waals surface area contributed by atoms with E-state index >= 15 is 0 Å². The van der Waals surface area contributed by atoms with Crippen LogP contribution in [0.25, 0.3) is 0 Å². The number of urea groups is 2. The number of carbonyl (C=O) groups is 2. The van der Waals surface area contributed by atoms with Crippen molar-refractivity contribution in [2.45, 2.75) is 47.6 Å². The maximum Gasteiger partial charge on any atom is 0.314 e. The second-order valence-corrected chi connectivity index (χ2v) is 23.1. The zero-order valence-corrected chi connectivity index (χ0v) is 48.6. The smallest absolute Gasteiger partial charge is 0.314 e. The summed E-state index contributed by atoms with van der Waals surface area (Å²) in [5.41, 5.74) is 5.88. The van der Waals surface area contributed by atoms with Crippen LogP contribution in [-0.4, -0.2) is 158 Å². The Morgan fingerprint density at radius 2 is 0.921 bits per heavy atom. The van der Waals surface area contributed by atoms with Gasteiger partial charge in [0.1, 0.15) is 0 Å². The molecule has 2 aliphatic rings. The fourth-order valence-electron chi connectivity index (χ4n) is 8.60. The van der Waals surface area contributed by atoms with Crippen LogP contribution in [0, 0.1) is 0 Å². The highest BCUT2D eigenvalue weighted by molar-refractivity contribution is 7.89. The first-order valence-corrected chi connectivity index (χ1v) is 28.8. The fourth-order valence-corrected chi connectivity index (χ4v) is 11.8. The number of nitrogens with one attached hydrogen (secondary N) is 6. The first kappa shape index (κ1) is 65.3. The summed E-state index contributed by atoms with van der Waals surface area (Å²) in [7, 11) is -3.52. The number of carbonyl (C=O) groups excluding carboxylic acids is 2. The van der Waals surface area contributed by atoms with Crippen LogP contribution in [0.5, 0.6) is 0 Å². The molecule has 0 bridgehead atoms. The van der Waals surface area contributed by atoms with Crippen molar-refractivity contribution < 1.29 is 45.4 Å². The number of likely N-dealkylation sites (N-methyl/N-ethyl adjacent to an activating group) is 2. The van der Waals surface area contributed by atoms with Gasteiger partial charge in [-0.2, -0.15) is 0 Å². The molecule has 0 fully saturated rings. The van der Waals surface area contributed by atoms with Crippen LogP contribution in [0.4, 0.5) is 9.59 Å². The molecular formula is C50H68Cl6N8O10S2. The van der Waals surface area contributed by atoms with E-state index in [2.05, 4.69) is 40.5 Å². The molecule has 4 amide bonds. The van der Waals surface area contributed by atoms with Crippen molar-refractivity contribution in [3.63, 3.8) is 0 Å². The molecule has 76 heavy (non-hydrogen) atoms. The van der Waals surface area contributed by atoms with Crippen LogP contribution >= 0.6 is 71.2 Å². The van der Waals surface area contributed by atoms with E-state index in [9.17, 15) is 26.4 Å². The number of fused-ring (bicyclic) bond motifs is 2. The third kappa shape index (κ3) is 20.4. The van der Waals surface area contributed by atoms with Gasteiger partial charge in [-0.15, -0.1) is 24.8 Å². The summed E-state index contributed by atoms with van der Waals surface area (Å²) in [6.45, 7) is 6.31. The van der Waals surface area contributed by atoms with Gasteiger partial charge in [0.15, 0.2) is 0 Å². The van der Waals surface area contributed by atoms with Crippen molar-refractivity contribution in [1.29, 1.82) is 0 Å². The Kier molecular flexibility index (Phi) is 28.1. The standard InChI is InChI=1S/C50H66Cl4N8O10S2.2ClH/c1-61-31-43(41-27-37(51)29-47(53)45(41)33-61)35-8-10-39(11-9-35)73(65,66)59-16-20-71-24-22-69-18-14-57-49(63)55-12-3-4-13-56-50(64)58-15-19-70-23-25-72-21-17-60-74(67,68)40-7-5-6-36(26-40)44-32-62(2)34-46-42(44)28-38(52)30-48(46)54;;/h5-11,26-30,43-44,59-60H,3-4,12-25,31-34H2,1-2H3,(H2,55,57,63)(H2,56,58,64);2*1H/t43-,44-;;/m0../s1. The fraction of sp³-hybridized carbons (Fsp3) is 0.480. The highest BCUT2D eigenvalue weighted by atomic mass is 35.5. The normalized spacial score (nSPS) is 15.7. The lowest BCUT2D eigenvalue weighted by Crippen LogP contribution is -2.39. The topological polar surface area (TPSA) is 218 Å². The SMILES string of the molecule is CN1Cc2c(Cl)cc(Cl)cc2[C@H](c2ccc(S(=O)(=O)NCCOCCOCCNC(=O)NCCCCNC(=O)NCCOCCOCCNS(=O)(=O)c3cccc([C@@H]4CN(C)Cc5c(Cl)cc(Cl)cc54)c3)cc2)C1.Cl.Cl. The Balaban J connectivity index is 0.00000624. The lowest BCUT2D eigenvalue weighted by atomic mass is 9.85. The molecule has 0 radical (unpaired) electrons. The highest BCUT2D eigenvalue weighted by Crippen LogP contribution is 2.40. The molecule has 2 atom stereocenters. The van der Waals surface area contributed by atoms with E-state index in [1.54, 1.807) is 42.5 Å². The van der Waals surface area contributed by atoms with Gasteiger partial charge in [-0.05, 0) is 109 Å². The summed E-state index contributed by atoms with van der Waals surface area (Å²) >= 11 is 25.7. The number of halogens is 6. The number of nitrogens with zero attached hydrogens (tertiary/aromatic N) is 2. The summed E-state index contributed by atoms with van der Waals surface area (Å²) in [5, 5.41) is 13.3. The second-order valence-electron chi connectivity index (χ2n) is 17.9. The third-order valence-electron chi connectivity index (χ3n) is 12.2. The molecule has 26 heteroatoms. The van der Waals surface area contributed by atoms with Crippen molar-refractivity contribution in [2.75, 3.05) is 119 Å². The van der Waals surface area contributed by atoms with Gasteiger partial charge in [-0.3, -0.25) is 0 Å². The molecule has 4 aromatic rings. The summed E-state index contributed by atoms with van der Waals surface area (Å²) in [6.07, 6.45) is 1.31. The second kappa shape index (κ2) is 32.7. The Labute approximate surface area is 479 Å². The summed E-state index contributed by atoms with van der Waals surface area (Å²) in [5.74, 6) is -0.0949. The molecule has 6 N–H and O–H groups in total. The molecule has 18 nitrogen and oxygen atoms in total. The van der Waals surface area contributed by atoms with Gasteiger partial charge in [0.2, 0.25) is 20.0 Å². The zero-order valence-electron chi connectivity index (χ0n) is 42.3. The predicted octanol–water partition coefficient (Wildman–Crippen LogP) is 7.00. The number of unbranched alkanes of at least 4 members (excludes halogenated alkanes) is 1. The van der Waals surface area contributed by atoms with E-state index in [1.807, 2.05) is 44.4 Å². The number of rotatable bonds is 29. The Morgan fingerprint density at radius 1 is 0.513 bits per heavy atom. The molecule has 0 unspecified atom stereocenters. The van der Waals surface area contributed by atoms with Crippen molar-refractivity contribution >= 4 is 103 Å². The number of sulfonamides is 2. The largest absolute Gasteiger partial charge is 0.378 e. The number of benzene rings is 4. The van der Waals surface area contributed by atoms with E-state index in [1.165, 1.54) is 0 Å². The first-order valence-electron chi connectivity index (χ1n) is 24.4. The van der Waals surface area contributed by atoms with E-state index in [0.29, 0.717) is 72.2 Å². The molecule has 0 spiro atoms. The minimum Gasteiger partial charge on any atom is -0.378 e. The predicted molar refractivity (Wildman–Crippen MR) is 302 cm³/mol. The minimum absolute atomic E-state index is 0. The van der Waals surface area contributed by atoms with E-state index in [-0.39, 0.29) is 131 Å². The Bertz CT molecular complexity index is 2720. The average Bonchev–Trinajstić information content (AvgIpc) is 3.36. The summed E-state index contributed by atoms with van der Waals surface area (Å²) in [4.78, 5) is 28.8. The molecule has 2 heterocycles. The third-order valence-corrected chi connectivity index (χ3v) is 16.3. The molecule has 422 valence electrons. The quantitative estimate of drug-likeness (QED) is 0.0303. The van der Waals surface area contributed by atoms with Crippen LogP contribution in [-0.2, 0) is 52.1 Å². The molecule has 0 aliphatic carbocycles. The molecule has 4 aromatic carbocycles. The maximum absolute atomic E-state index is 13.1. The maximum atomic E-state index is 13.1. The van der Waals surface area contributed by atoms with E-state index in [4.69, 9.17) is 65.4 Å². The first-order chi connectivity index (χ1) is 35.5. The zero-order chi connectivity index (χ0) is 53.1. The van der Waals surface area contributed by atoms with Crippen LogP contribution in [0.1, 0.15) is 58.1 Å². The van der Waals surface area contributed by atoms with Crippen molar-refractivity contribution in [3.05, 3.63) is 126 Å². The number of hydrogen-bond acceptors (Lipinski definition) is 12. The van der Waals surface area contributed by atoms with E-state index < -0.39 is 20.0 Å². The lowest BCUT2D eigenvalue weighted by molar-refractivity contribution is 0.0516. The monoisotopic (exact) mass is 1210 g/mol. The van der Waals surface area contributed by atoms with Crippen molar-refractivity contribution in [1.82, 2.24) is 40.5 Å². The van der Waals surface area contributed by atoms with Crippen LogP contribution in [0.15, 0.2) is 82.6 Å². The van der Waals surface area contributed by atoms with Gasteiger partial charge in [0, 0.05) is 97.4 Å². The molecule has 0 aromatic heterocycles. The number of ether oxygens (including phenoxy) is 4. The summed E-state index contributed by atoms with van der Waals surface area (Å²) < 4.78 is 79.3. The Hall–Kier alpha value is -3.26. The number of amides is 4. The lowest BCUT2D eigenvalue weighted by Gasteiger charge is -2.33. The van der Waals surface area contributed by atoms with Crippen LogP contribution in [0.2, 0.25) is 20.1 Å². The Morgan fingerprint density at radius 3 is 1.38 bits per heavy atom. The molecular weight excluding hydrogens is 1150 g/mol. The van der Waals surface area contributed by atoms with Crippen LogP contribution in [0.3, 0.4) is 0 Å². The minimum atomic E-state index is -3.79. The van der Waals surface area contributed by atoms with Gasteiger partial charge in [-0.1, -0.05) is 70.7 Å². The average molecular weight is 1220 g/mol. The highest BCUT2D eigenvalue weighted by Gasteiger charge is 2.29. The van der Waals surface area contributed by atoms with Gasteiger partial charge < -0.3 is 50.0 Å². The molecule has 0 saturated heterocycles. The van der Waals surface area contributed by atoms with Gasteiger partial charge in [0.05, 0.1) is 62.6 Å². The molecule has 0 saturated carbocycles. The van der Waals surface area contributed by atoms with E-state index in [0.717, 1.165) is 39.9 Å². The van der Waals surface area contributed by atoms with Gasteiger partial charge in [0.25, 0.3) is 0 Å². The van der Waals surface area contributed by atoms with Crippen molar-refractivity contribution in [3.8, 4) is 0 Å². The van der Waals surface area contributed by atoms with Crippen molar-refractivity contribution in [2.24, 2.45) is 0 Å². The summed E-state index contributed by atoms with van der Waals surface area (Å²) in [6, 6.07) is 20.4. The number of hydrogen-bond donors (Lipinski definition) is 6. The van der Waals surface area contributed by atoms with Gasteiger partial charge >= 0.3 is 12.1 Å².